The number of halogens is 3. The van der Waals surface area contributed by atoms with Crippen LogP contribution in [-0.4, -0.2) is 29.9 Å². The van der Waals surface area contributed by atoms with E-state index in [9.17, 15) is 18.0 Å². The van der Waals surface area contributed by atoms with Crippen molar-refractivity contribution in [3.05, 3.63) is 76.3 Å². The Labute approximate surface area is 205 Å². The van der Waals surface area contributed by atoms with Gasteiger partial charge in [-0.1, -0.05) is 42.5 Å². The number of nitrogens with zero attached hydrogens (tertiary/aromatic N) is 1. The first-order chi connectivity index (χ1) is 16.6. The molecule has 3 aromatic rings. The molecule has 1 saturated heterocycles. The lowest BCUT2D eigenvalue weighted by Crippen LogP contribution is -2.53. The number of rotatable bonds is 7. The van der Waals surface area contributed by atoms with Crippen molar-refractivity contribution in [2.45, 2.75) is 38.8 Å². The van der Waals surface area contributed by atoms with Gasteiger partial charge in [-0.05, 0) is 38.0 Å². The van der Waals surface area contributed by atoms with Gasteiger partial charge in [-0.3, -0.25) is 9.63 Å². The van der Waals surface area contributed by atoms with Crippen LogP contribution in [0.4, 0.5) is 13.2 Å². The number of carbonyl (C=O) groups excluding carboxylic acids is 1. The molecule has 2 aromatic carbocycles. The Morgan fingerprint density at radius 2 is 1.80 bits per heavy atom. The second kappa shape index (κ2) is 10.4. The van der Waals surface area contributed by atoms with Crippen molar-refractivity contribution in [3.8, 4) is 10.6 Å². The normalized spacial score (nSPS) is 20.5. The summed E-state index contributed by atoms with van der Waals surface area (Å²) in [7, 11) is 0. The molecule has 1 amide bonds. The van der Waals surface area contributed by atoms with E-state index in [1.165, 1.54) is 23.5 Å². The third kappa shape index (κ3) is 6.26. The summed E-state index contributed by atoms with van der Waals surface area (Å²) in [5.41, 5.74) is 4.05. The van der Waals surface area contributed by atoms with E-state index < -0.39 is 23.4 Å². The first-order valence-electron chi connectivity index (χ1n) is 11.0. The Morgan fingerprint density at radius 1 is 1.14 bits per heavy atom. The molecule has 0 bridgehead atoms. The van der Waals surface area contributed by atoms with Crippen LogP contribution in [0.3, 0.4) is 0 Å². The predicted octanol–water partition coefficient (Wildman–Crippen LogP) is 5.31. The third-order valence-electron chi connectivity index (χ3n) is 5.67. The number of thiazole rings is 1. The Kier molecular flexibility index (Phi) is 7.56. The van der Waals surface area contributed by atoms with E-state index in [2.05, 4.69) is 10.5 Å². The molecule has 0 spiro atoms. The van der Waals surface area contributed by atoms with Crippen molar-refractivity contribution in [1.82, 2.24) is 10.5 Å². The molecule has 6 nitrogen and oxygen atoms in total. The first-order valence-corrected chi connectivity index (χ1v) is 11.8. The van der Waals surface area contributed by atoms with Crippen LogP contribution in [0.2, 0.25) is 0 Å². The van der Waals surface area contributed by atoms with Gasteiger partial charge >= 0.3 is 12.1 Å². The van der Waals surface area contributed by atoms with E-state index in [0.29, 0.717) is 30.2 Å². The molecule has 0 saturated carbocycles. The van der Waals surface area contributed by atoms with E-state index in [4.69, 9.17) is 14.3 Å². The van der Waals surface area contributed by atoms with Gasteiger partial charge in [-0.25, -0.2) is 10.5 Å². The van der Waals surface area contributed by atoms with Crippen LogP contribution in [0, 0.1) is 12.8 Å². The number of hydroxylamine groups is 1. The summed E-state index contributed by atoms with van der Waals surface area (Å²) in [6, 6.07) is 14.4. The molecular weight excluding hydrogens is 481 g/mol. The van der Waals surface area contributed by atoms with Crippen molar-refractivity contribution >= 4 is 17.2 Å². The fourth-order valence-electron chi connectivity index (χ4n) is 3.55. The number of benzene rings is 2. The zero-order valence-corrected chi connectivity index (χ0v) is 20.0. The Balaban J connectivity index is 1.30. The van der Waals surface area contributed by atoms with Crippen LogP contribution in [0.15, 0.2) is 54.6 Å². The maximum atomic E-state index is 12.8. The minimum Gasteiger partial charge on any atom is -0.342 e. The molecular formula is C25H25F3N2O4S. The highest BCUT2D eigenvalue weighted by molar-refractivity contribution is 7.15. The smallest absolute Gasteiger partial charge is 0.342 e. The summed E-state index contributed by atoms with van der Waals surface area (Å²) in [5.74, 6) is -1.98. The lowest BCUT2D eigenvalue weighted by atomic mass is 10.0. The number of aromatic nitrogens is 1. The highest BCUT2D eigenvalue weighted by atomic mass is 32.1. The Morgan fingerprint density at radius 3 is 2.43 bits per heavy atom. The number of aryl methyl sites for hydroxylation is 1. The van der Waals surface area contributed by atoms with Gasteiger partial charge in [0.2, 0.25) is 5.79 Å². The second-order valence-corrected chi connectivity index (χ2v) is 9.53. The van der Waals surface area contributed by atoms with E-state index in [1.54, 1.807) is 6.92 Å². The maximum Gasteiger partial charge on any atom is 0.416 e. The van der Waals surface area contributed by atoms with Gasteiger partial charge in [-0.15, -0.1) is 11.3 Å². The molecule has 1 aromatic heterocycles. The summed E-state index contributed by atoms with van der Waals surface area (Å²) >= 11 is 1.43. The van der Waals surface area contributed by atoms with E-state index in [-0.39, 0.29) is 12.5 Å². The van der Waals surface area contributed by atoms with Crippen molar-refractivity contribution in [1.29, 1.82) is 0 Å². The van der Waals surface area contributed by atoms with E-state index >= 15 is 0 Å². The summed E-state index contributed by atoms with van der Waals surface area (Å²) in [6.45, 7) is 4.24. The zero-order chi connectivity index (χ0) is 25.1. The topological polar surface area (TPSA) is 69.7 Å². The molecule has 0 unspecified atom stereocenters. The van der Waals surface area contributed by atoms with Gasteiger partial charge in [0.25, 0.3) is 0 Å². The highest BCUT2D eigenvalue weighted by Gasteiger charge is 2.41. The maximum absolute atomic E-state index is 12.8. The van der Waals surface area contributed by atoms with Crippen LogP contribution in [0.25, 0.3) is 10.6 Å². The van der Waals surface area contributed by atoms with Crippen LogP contribution in [0.1, 0.15) is 28.6 Å². The third-order valence-corrected chi connectivity index (χ3v) is 6.90. The van der Waals surface area contributed by atoms with Crippen molar-refractivity contribution in [2.24, 2.45) is 5.92 Å². The SMILES string of the molecule is Cc1nc(-c2ccc(C(F)(F)F)cc2)sc1CC1COC(C)(C(=O)NOCc2ccccc2)OC1. The molecule has 2 heterocycles. The Hall–Kier alpha value is -2.79. The molecule has 0 radical (unpaired) electrons. The van der Waals surface area contributed by atoms with Gasteiger partial charge in [0.1, 0.15) is 5.01 Å². The van der Waals surface area contributed by atoms with Gasteiger partial charge in [0.05, 0.1) is 31.1 Å². The number of ether oxygens (including phenoxy) is 2. The fourth-order valence-corrected chi connectivity index (χ4v) is 4.73. The first kappa shape index (κ1) is 25.3. The minimum atomic E-state index is -4.37. The second-order valence-electron chi connectivity index (χ2n) is 8.45. The molecule has 1 aliphatic heterocycles. The Bertz CT molecular complexity index is 1140. The van der Waals surface area contributed by atoms with Crippen molar-refractivity contribution in [3.63, 3.8) is 0 Å². The average Bonchev–Trinajstić information content (AvgIpc) is 3.21. The molecule has 4 rings (SSSR count). The molecule has 1 fully saturated rings. The number of amides is 1. The number of alkyl halides is 3. The van der Waals surface area contributed by atoms with E-state index in [0.717, 1.165) is 28.3 Å². The zero-order valence-electron chi connectivity index (χ0n) is 19.2. The lowest BCUT2D eigenvalue weighted by Gasteiger charge is -2.36. The van der Waals surface area contributed by atoms with E-state index in [1.807, 2.05) is 37.3 Å². The average molecular weight is 507 g/mol. The summed E-state index contributed by atoms with van der Waals surface area (Å²) in [6.07, 6.45) is -3.75. The van der Waals surface area contributed by atoms with Crippen LogP contribution >= 0.6 is 11.3 Å². The van der Waals surface area contributed by atoms with Crippen molar-refractivity contribution < 1.29 is 32.3 Å². The van der Waals surface area contributed by atoms with Crippen LogP contribution < -0.4 is 5.48 Å². The molecule has 0 aliphatic carbocycles. The number of carbonyl (C=O) groups is 1. The number of nitrogens with one attached hydrogen (secondary N) is 1. The van der Waals surface area contributed by atoms with Crippen molar-refractivity contribution in [2.75, 3.05) is 13.2 Å². The predicted molar refractivity (Wildman–Crippen MR) is 124 cm³/mol. The summed E-state index contributed by atoms with van der Waals surface area (Å²) < 4.78 is 50.0. The quantitative estimate of drug-likeness (QED) is 0.440. The van der Waals surface area contributed by atoms with Crippen LogP contribution in [-0.2, 0) is 38.3 Å². The van der Waals surface area contributed by atoms with Gasteiger partial charge in [0.15, 0.2) is 0 Å². The number of hydrogen-bond donors (Lipinski definition) is 1. The van der Waals surface area contributed by atoms with Gasteiger partial charge < -0.3 is 9.47 Å². The fraction of sp³-hybridized carbons (Fsp3) is 0.360. The molecule has 1 N–H and O–H groups in total. The molecule has 35 heavy (non-hydrogen) atoms. The summed E-state index contributed by atoms with van der Waals surface area (Å²) in [5, 5.41) is 0.656. The molecule has 1 aliphatic rings. The number of hydrogen-bond acceptors (Lipinski definition) is 6. The minimum absolute atomic E-state index is 0.000664. The standard InChI is InChI=1S/C25H25F3N2O4S/c1-16-21(35-22(29-16)19-8-10-20(11-9-19)25(26,27)28)12-18-13-32-24(2,33-14-18)23(31)30-34-15-17-6-4-3-5-7-17/h3-11,18H,12-15H2,1-2H3,(H,30,31). The molecule has 186 valence electrons. The van der Waals surface area contributed by atoms with Crippen LogP contribution in [0.5, 0.6) is 0 Å². The monoisotopic (exact) mass is 506 g/mol. The highest BCUT2D eigenvalue weighted by Crippen LogP contribution is 2.34. The molecule has 0 atom stereocenters. The van der Waals surface area contributed by atoms with Gasteiger partial charge in [0, 0.05) is 16.4 Å². The summed E-state index contributed by atoms with van der Waals surface area (Å²) in [4.78, 5) is 23.3. The molecule has 10 heteroatoms. The largest absolute Gasteiger partial charge is 0.416 e. The van der Waals surface area contributed by atoms with Gasteiger partial charge in [-0.2, -0.15) is 13.2 Å². The lowest BCUT2D eigenvalue weighted by molar-refractivity contribution is -0.265.